The van der Waals surface area contributed by atoms with Gasteiger partial charge in [0.15, 0.2) is 0 Å². The zero-order valence-corrected chi connectivity index (χ0v) is 10.3. The molecular formula is C12H12ClNOS. The molecule has 1 fully saturated rings. The minimum Gasteiger partial charge on any atom is -0.378 e. The van der Waals surface area contributed by atoms with Gasteiger partial charge in [-0.25, -0.2) is 0 Å². The molecule has 16 heavy (non-hydrogen) atoms. The zero-order chi connectivity index (χ0) is 11.0. The van der Waals surface area contributed by atoms with E-state index in [1.165, 1.54) is 9.58 Å². The van der Waals surface area contributed by atoms with Crippen LogP contribution in [0.5, 0.6) is 0 Å². The molecule has 1 aromatic carbocycles. The lowest BCUT2D eigenvalue weighted by Crippen LogP contribution is -2.45. The molecule has 3 rings (SSSR count). The lowest BCUT2D eigenvalue weighted by Gasteiger charge is -2.26. The van der Waals surface area contributed by atoms with Crippen LogP contribution in [0.4, 0.5) is 0 Å². The van der Waals surface area contributed by atoms with Gasteiger partial charge in [0.25, 0.3) is 0 Å². The van der Waals surface area contributed by atoms with Gasteiger partial charge in [0, 0.05) is 21.5 Å². The second kappa shape index (κ2) is 4.34. The molecule has 2 nitrogen and oxygen atoms in total. The standard InChI is InChI=1S/C12H12ClNOS/c13-12-9-3-1-2-4-10(9)16-11(12)5-14-8-6-15-7-8/h1-4,8,14H,5-7H2. The number of hydrogen-bond donors (Lipinski definition) is 1. The molecule has 1 aliphatic rings. The molecule has 0 saturated carbocycles. The van der Waals surface area contributed by atoms with Crippen molar-refractivity contribution in [3.63, 3.8) is 0 Å². The van der Waals surface area contributed by atoms with Crippen LogP contribution in [0, 0.1) is 0 Å². The van der Waals surface area contributed by atoms with E-state index in [1.807, 2.05) is 12.1 Å². The number of benzene rings is 1. The van der Waals surface area contributed by atoms with Crippen molar-refractivity contribution >= 4 is 33.0 Å². The van der Waals surface area contributed by atoms with Crippen LogP contribution in [0.15, 0.2) is 24.3 Å². The summed E-state index contributed by atoms with van der Waals surface area (Å²) in [5.74, 6) is 0. The fraction of sp³-hybridized carbons (Fsp3) is 0.333. The van der Waals surface area contributed by atoms with E-state index in [-0.39, 0.29) is 0 Å². The Morgan fingerprint density at radius 1 is 1.38 bits per heavy atom. The normalized spacial score (nSPS) is 16.6. The SMILES string of the molecule is Clc1c(CNC2COC2)sc2ccccc12. The number of hydrogen-bond acceptors (Lipinski definition) is 3. The third kappa shape index (κ3) is 1.84. The predicted molar refractivity (Wildman–Crippen MR) is 68.3 cm³/mol. The summed E-state index contributed by atoms with van der Waals surface area (Å²) in [7, 11) is 0. The van der Waals surface area contributed by atoms with E-state index in [2.05, 4.69) is 17.4 Å². The van der Waals surface area contributed by atoms with Gasteiger partial charge >= 0.3 is 0 Å². The molecule has 0 radical (unpaired) electrons. The number of thiophene rings is 1. The Labute approximate surface area is 103 Å². The molecule has 0 atom stereocenters. The van der Waals surface area contributed by atoms with Gasteiger partial charge < -0.3 is 10.1 Å². The fourth-order valence-electron chi connectivity index (χ4n) is 1.77. The summed E-state index contributed by atoms with van der Waals surface area (Å²) in [6, 6.07) is 8.76. The summed E-state index contributed by atoms with van der Waals surface area (Å²) < 4.78 is 6.38. The maximum atomic E-state index is 6.34. The van der Waals surface area contributed by atoms with E-state index < -0.39 is 0 Å². The van der Waals surface area contributed by atoms with Gasteiger partial charge in [0.1, 0.15) is 0 Å². The van der Waals surface area contributed by atoms with E-state index >= 15 is 0 Å². The first-order valence-corrected chi connectivity index (χ1v) is 6.51. The number of ether oxygens (including phenoxy) is 1. The average Bonchev–Trinajstić information content (AvgIpc) is 2.55. The minimum atomic E-state index is 0.501. The van der Waals surface area contributed by atoms with Gasteiger partial charge in [-0.15, -0.1) is 11.3 Å². The largest absolute Gasteiger partial charge is 0.378 e. The smallest absolute Gasteiger partial charge is 0.0643 e. The Bertz CT molecular complexity index is 507. The van der Waals surface area contributed by atoms with Crippen molar-refractivity contribution in [1.29, 1.82) is 0 Å². The van der Waals surface area contributed by atoms with Gasteiger partial charge in [-0.2, -0.15) is 0 Å². The van der Waals surface area contributed by atoms with Crippen LogP contribution in [0.1, 0.15) is 4.88 Å². The lowest BCUT2D eigenvalue weighted by molar-refractivity contribution is -0.00567. The van der Waals surface area contributed by atoms with Crippen LogP contribution < -0.4 is 5.32 Å². The molecule has 0 spiro atoms. The molecule has 0 unspecified atom stereocenters. The van der Waals surface area contributed by atoms with Crippen LogP contribution >= 0.6 is 22.9 Å². The molecule has 2 heterocycles. The van der Waals surface area contributed by atoms with E-state index in [9.17, 15) is 0 Å². The molecular weight excluding hydrogens is 242 g/mol. The Kier molecular flexibility index (Phi) is 2.86. The summed E-state index contributed by atoms with van der Waals surface area (Å²) in [5.41, 5.74) is 0. The molecule has 0 bridgehead atoms. The highest BCUT2D eigenvalue weighted by atomic mass is 35.5. The van der Waals surface area contributed by atoms with Gasteiger partial charge in [-0.05, 0) is 6.07 Å². The fourth-order valence-corrected chi connectivity index (χ4v) is 3.22. The number of halogens is 1. The van der Waals surface area contributed by atoms with Crippen LogP contribution in [0.25, 0.3) is 10.1 Å². The Balaban J connectivity index is 1.82. The van der Waals surface area contributed by atoms with E-state index in [1.54, 1.807) is 11.3 Å². The number of fused-ring (bicyclic) bond motifs is 1. The van der Waals surface area contributed by atoms with Gasteiger partial charge in [-0.1, -0.05) is 29.8 Å². The van der Waals surface area contributed by atoms with Gasteiger partial charge in [0.2, 0.25) is 0 Å². The maximum absolute atomic E-state index is 6.34. The summed E-state index contributed by atoms with van der Waals surface area (Å²) in [6.07, 6.45) is 0. The van der Waals surface area contributed by atoms with Gasteiger partial charge in [0.05, 0.1) is 24.3 Å². The monoisotopic (exact) mass is 253 g/mol. The van der Waals surface area contributed by atoms with Crippen LogP contribution in [-0.4, -0.2) is 19.3 Å². The van der Waals surface area contributed by atoms with Crippen molar-refractivity contribution in [3.05, 3.63) is 34.2 Å². The van der Waals surface area contributed by atoms with Crippen molar-refractivity contribution in [2.24, 2.45) is 0 Å². The Hall–Kier alpha value is -0.610. The zero-order valence-electron chi connectivity index (χ0n) is 8.70. The third-order valence-corrected chi connectivity index (χ3v) is 4.51. The van der Waals surface area contributed by atoms with Crippen molar-refractivity contribution in [2.75, 3.05) is 13.2 Å². The third-order valence-electron chi connectivity index (χ3n) is 2.79. The van der Waals surface area contributed by atoms with E-state index in [0.29, 0.717) is 6.04 Å². The molecule has 84 valence electrons. The topological polar surface area (TPSA) is 21.3 Å². The first kappa shape index (κ1) is 10.5. The first-order valence-electron chi connectivity index (χ1n) is 5.31. The molecule has 1 saturated heterocycles. The molecule has 0 aliphatic carbocycles. The van der Waals surface area contributed by atoms with E-state index in [0.717, 1.165) is 30.2 Å². The molecule has 1 N–H and O–H groups in total. The number of nitrogens with one attached hydrogen (secondary N) is 1. The highest BCUT2D eigenvalue weighted by molar-refractivity contribution is 7.19. The lowest BCUT2D eigenvalue weighted by atomic mass is 10.2. The summed E-state index contributed by atoms with van der Waals surface area (Å²) >= 11 is 8.11. The Morgan fingerprint density at radius 3 is 2.88 bits per heavy atom. The summed E-state index contributed by atoms with van der Waals surface area (Å²) in [4.78, 5) is 1.22. The second-order valence-corrected chi connectivity index (χ2v) is 5.47. The average molecular weight is 254 g/mol. The Morgan fingerprint density at radius 2 is 2.19 bits per heavy atom. The molecule has 0 amide bonds. The second-order valence-electron chi connectivity index (χ2n) is 3.95. The van der Waals surface area contributed by atoms with Crippen molar-refractivity contribution in [1.82, 2.24) is 5.32 Å². The van der Waals surface area contributed by atoms with Crippen molar-refractivity contribution < 1.29 is 4.74 Å². The first-order chi connectivity index (χ1) is 7.84. The van der Waals surface area contributed by atoms with Gasteiger partial charge in [-0.3, -0.25) is 0 Å². The van der Waals surface area contributed by atoms with Crippen molar-refractivity contribution in [2.45, 2.75) is 12.6 Å². The van der Waals surface area contributed by atoms with Crippen LogP contribution in [0.2, 0.25) is 5.02 Å². The molecule has 1 aliphatic heterocycles. The molecule has 4 heteroatoms. The summed E-state index contributed by atoms with van der Waals surface area (Å²) in [5, 5.41) is 5.50. The molecule has 2 aromatic rings. The van der Waals surface area contributed by atoms with Crippen LogP contribution in [0.3, 0.4) is 0 Å². The highest BCUT2D eigenvalue weighted by Gasteiger charge is 2.18. The summed E-state index contributed by atoms with van der Waals surface area (Å²) in [6.45, 7) is 2.48. The highest BCUT2D eigenvalue weighted by Crippen LogP contribution is 2.35. The molecule has 1 aromatic heterocycles. The number of rotatable bonds is 3. The maximum Gasteiger partial charge on any atom is 0.0643 e. The minimum absolute atomic E-state index is 0.501. The van der Waals surface area contributed by atoms with Crippen LogP contribution in [-0.2, 0) is 11.3 Å². The predicted octanol–water partition coefficient (Wildman–Crippen LogP) is 3.04. The quantitative estimate of drug-likeness (QED) is 0.908. The van der Waals surface area contributed by atoms with Crippen molar-refractivity contribution in [3.8, 4) is 0 Å². The van der Waals surface area contributed by atoms with E-state index in [4.69, 9.17) is 16.3 Å².